The Morgan fingerprint density at radius 3 is 2.38 bits per heavy atom. The van der Waals surface area contributed by atoms with Gasteiger partial charge < -0.3 is 15.0 Å². The van der Waals surface area contributed by atoms with Crippen molar-refractivity contribution in [2.45, 2.75) is 39.5 Å². The summed E-state index contributed by atoms with van der Waals surface area (Å²) in [4.78, 5) is 7.38. The Morgan fingerprint density at radius 1 is 0.931 bits per heavy atom. The van der Waals surface area contributed by atoms with Crippen LogP contribution in [-0.2, 0) is 0 Å². The molecule has 0 unspecified atom stereocenters. The second kappa shape index (κ2) is 10.7. The van der Waals surface area contributed by atoms with Crippen LogP contribution in [0.3, 0.4) is 0 Å². The van der Waals surface area contributed by atoms with E-state index < -0.39 is 0 Å². The van der Waals surface area contributed by atoms with Crippen molar-refractivity contribution < 1.29 is 4.74 Å². The summed E-state index contributed by atoms with van der Waals surface area (Å²) in [5.74, 6) is 0.836. The number of pyridine rings is 1. The predicted octanol–water partition coefficient (Wildman–Crippen LogP) is 6.36. The maximum absolute atomic E-state index is 6.23. The van der Waals surface area contributed by atoms with E-state index in [1.54, 1.807) is 7.11 Å². The monoisotopic (exact) mass is 413 g/mol. The van der Waals surface area contributed by atoms with Crippen molar-refractivity contribution in [3.8, 4) is 5.75 Å². The summed E-state index contributed by atoms with van der Waals surface area (Å²) in [6.07, 6.45) is 4.97. The molecule has 0 fully saturated rings. The van der Waals surface area contributed by atoms with Gasteiger partial charge in [-0.25, -0.2) is 4.98 Å². The zero-order valence-electron chi connectivity index (χ0n) is 17.8. The Bertz CT molecular complexity index is 936. The molecule has 1 heterocycles. The highest BCUT2D eigenvalue weighted by molar-refractivity contribution is 6.31. The minimum absolute atomic E-state index is 0.703. The van der Waals surface area contributed by atoms with Gasteiger partial charge in [0.1, 0.15) is 5.75 Å². The Hall–Kier alpha value is -2.04. The molecule has 0 aliphatic carbocycles. The van der Waals surface area contributed by atoms with Gasteiger partial charge in [-0.2, -0.15) is 0 Å². The highest BCUT2D eigenvalue weighted by Crippen LogP contribution is 2.34. The van der Waals surface area contributed by atoms with Gasteiger partial charge >= 0.3 is 0 Å². The van der Waals surface area contributed by atoms with Crippen molar-refractivity contribution in [1.82, 2.24) is 9.88 Å². The van der Waals surface area contributed by atoms with Gasteiger partial charge in [-0.3, -0.25) is 0 Å². The summed E-state index contributed by atoms with van der Waals surface area (Å²) in [7, 11) is 1.70. The second-order valence-electron chi connectivity index (χ2n) is 7.51. The largest absolute Gasteiger partial charge is 0.497 e. The van der Waals surface area contributed by atoms with Crippen LogP contribution in [-0.4, -0.2) is 43.2 Å². The number of hydrogen-bond donors (Lipinski definition) is 1. The Morgan fingerprint density at radius 2 is 1.69 bits per heavy atom. The van der Waals surface area contributed by atoms with Crippen LogP contribution in [0.5, 0.6) is 5.75 Å². The summed E-state index contributed by atoms with van der Waals surface area (Å²) in [5.41, 5.74) is 2.95. The van der Waals surface area contributed by atoms with E-state index in [-0.39, 0.29) is 0 Å². The standard InChI is InChI=1S/C24H32ClN3O/c1-4-6-13-28(14-7-5-2)15-12-26-24-20-10-8-18(25)16-23(20)27-22-11-9-19(29-3)17-21(22)24/h8-11,16-17H,4-7,12-15H2,1-3H3,(H,26,27). The fraction of sp³-hybridized carbons (Fsp3) is 0.458. The number of fused-ring (bicyclic) bond motifs is 2. The van der Waals surface area contributed by atoms with Gasteiger partial charge in [0.25, 0.3) is 0 Å². The van der Waals surface area contributed by atoms with E-state index >= 15 is 0 Å². The maximum Gasteiger partial charge on any atom is 0.119 e. The third-order valence-corrected chi connectivity index (χ3v) is 5.56. The quantitative estimate of drug-likeness (QED) is 0.371. The van der Waals surface area contributed by atoms with Crippen LogP contribution in [0, 0.1) is 0 Å². The first-order chi connectivity index (χ1) is 14.2. The van der Waals surface area contributed by atoms with E-state index in [2.05, 4.69) is 36.2 Å². The molecule has 2 aromatic carbocycles. The van der Waals surface area contributed by atoms with Gasteiger partial charge in [0, 0.05) is 28.9 Å². The number of aromatic nitrogens is 1. The predicted molar refractivity (Wildman–Crippen MR) is 126 cm³/mol. The summed E-state index contributed by atoms with van der Waals surface area (Å²) in [6, 6.07) is 11.9. The van der Waals surface area contributed by atoms with E-state index in [4.69, 9.17) is 21.3 Å². The Balaban J connectivity index is 1.88. The van der Waals surface area contributed by atoms with Crippen LogP contribution in [0.15, 0.2) is 36.4 Å². The number of unbranched alkanes of at least 4 members (excludes halogenated alkanes) is 2. The zero-order chi connectivity index (χ0) is 20.6. The van der Waals surface area contributed by atoms with Crippen LogP contribution >= 0.6 is 11.6 Å². The van der Waals surface area contributed by atoms with Gasteiger partial charge in [0.15, 0.2) is 0 Å². The molecule has 156 valence electrons. The Labute approximate surface area is 179 Å². The van der Waals surface area contributed by atoms with Crippen LogP contribution in [0.25, 0.3) is 21.8 Å². The molecular weight excluding hydrogens is 382 g/mol. The van der Waals surface area contributed by atoms with Crippen molar-refractivity contribution in [3.63, 3.8) is 0 Å². The molecule has 5 heteroatoms. The third kappa shape index (κ3) is 5.52. The highest BCUT2D eigenvalue weighted by atomic mass is 35.5. The summed E-state index contributed by atoms with van der Waals surface area (Å²) < 4.78 is 5.45. The molecule has 0 saturated heterocycles. The number of ether oxygens (including phenoxy) is 1. The first kappa shape index (κ1) is 21.7. The summed E-state index contributed by atoms with van der Waals surface area (Å²) >= 11 is 6.23. The molecule has 1 N–H and O–H groups in total. The molecule has 0 spiro atoms. The third-order valence-electron chi connectivity index (χ3n) is 5.33. The number of rotatable bonds is 11. The minimum Gasteiger partial charge on any atom is -0.497 e. The average molecular weight is 414 g/mol. The lowest BCUT2D eigenvalue weighted by molar-refractivity contribution is 0.275. The molecule has 0 aliphatic heterocycles. The van der Waals surface area contributed by atoms with Crippen molar-refractivity contribution in [2.75, 3.05) is 38.6 Å². The normalized spacial score (nSPS) is 11.5. The van der Waals surface area contributed by atoms with E-state index in [1.165, 1.54) is 38.8 Å². The molecule has 3 rings (SSSR count). The van der Waals surface area contributed by atoms with Gasteiger partial charge in [0.2, 0.25) is 0 Å². The molecule has 1 aromatic heterocycles. The number of halogens is 1. The SMILES string of the molecule is CCCCN(CCCC)CCNc1c2ccc(Cl)cc2nc2ccc(OC)cc12. The number of anilines is 1. The lowest BCUT2D eigenvalue weighted by Gasteiger charge is -2.23. The van der Waals surface area contributed by atoms with E-state index in [9.17, 15) is 0 Å². The smallest absolute Gasteiger partial charge is 0.119 e. The highest BCUT2D eigenvalue weighted by Gasteiger charge is 2.11. The van der Waals surface area contributed by atoms with E-state index in [0.717, 1.165) is 46.3 Å². The molecule has 0 saturated carbocycles. The molecule has 0 radical (unpaired) electrons. The van der Waals surface area contributed by atoms with Gasteiger partial charge in [-0.05, 0) is 62.3 Å². The topological polar surface area (TPSA) is 37.4 Å². The van der Waals surface area contributed by atoms with Gasteiger partial charge in [0.05, 0.1) is 23.8 Å². The summed E-state index contributed by atoms with van der Waals surface area (Å²) in [5, 5.41) is 6.57. The van der Waals surface area contributed by atoms with E-state index in [1.807, 2.05) is 24.3 Å². The number of benzene rings is 2. The van der Waals surface area contributed by atoms with E-state index in [0.29, 0.717) is 5.02 Å². The van der Waals surface area contributed by atoms with Gasteiger partial charge in [-0.1, -0.05) is 38.3 Å². The molecule has 3 aromatic rings. The number of nitrogens with one attached hydrogen (secondary N) is 1. The Kier molecular flexibility index (Phi) is 7.96. The van der Waals surface area contributed by atoms with Crippen molar-refractivity contribution in [3.05, 3.63) is 41.4 Å². The fourth-order valence-corrected chi connectivity index (χ4v) is 3.82. The number of nitrogens with zero attached hydrogens (tertiary/aromatic N) is 2. The first-order valence-corrected chi connectivity index (χ1v) is 11.1. The lowest BCUT2D eigenvalue weighted by Crippen LogP contribution is -2.31. The molecule has 0 bridgehead atoms. The first-order valence-electron chi connectivity index (χ1n) is 10.7. The van der Waals surface area contributed by atoms with Crippen molar-refractivity contribution in [2.24, 2.45) is 0 Å². The van der Waals surface area contributed by atoms with Crippen molar-refractivity contribution >= 4 is 39.1 Å². The summed E-state index contributed by atoms with van der Waals surface area (Å²) in [6.45, 7) is 8.76. The zero-order valence-corrected chi connectivity index (χ0v) is 18.6. The van der Waals surface area contributed by atoms with Crippen molar-refractivity contribution in [1.29, 1.82) is 0 Å². The minimum atomic E-state index is 0.703. The molecular formula is C24H32ClN3O. The molecule has 0 amide bonds. The van der Waals surface area contributed by atoms with Gasteiger partial charge in [-0.15, -0.1) is 0 Å². The second-order valence-corrected chi connectivity index (χ2v) is 7.94. The average Bonchev–Trinajstić information content (AvgIpc) is 2.74. The molecule has 0 aliphatic rings. The van der Waals surface area contributed by atoms with Crippen LogP contribution in [0.1, 0.15) is 39.5 Å². The molecule has 4 nitrogen and oxygen atoms in total. The van der Waals surface area contributed by atoms with Crippen LogP contribution in [0.4, 0.5) is 5.69 Å². The fourth-order valence-electron chi connectivity index (χ4n) is 3.65. The number of hydrogen-bond acceptors (Lipinski definition) is 4. The van der Waals surface area contributed by atoms with Crippen LogP contribution in [0.2, 0.25) is 5.02 Å². The van der Waals surface area contributed by atoms with Crippen LogP contribution < -0.4 is 10.1 Å². The lowest BCUT2D eigenvalue weighted by atomic mass is 10.1. The molecule has 29 heavy (non-hydrogen) atoms. The number of methoxy groups -OCH3 is 1. The molecule has 0 atom stereocenters. The maximum atomic E-state index is 6.23.